The molecule has 10 heteroatoms. The van der Waals surface area contributed by atoms with Gasteiger partial charge in [0, 0.05) is 25.2 Å². The Morgan fingerprint density at radius 3 is 2.25 bits per heavy atom. The van der Waals surface area contributed by atoms with E-state index in [0.717, 1.165) is 38.5 Å². The van der Waals surface area contributed by atoms with Crippen LogP contribution < -0.4 is 16.0 Å². The lowest BCUT2D eigenvalue weighted by Gasteiger charge is -2.35. The van der Waals surface area contributed by atoms with Gasteiger partial charge >= 0.3 is 6.03 Å². The molecular weight excluding hydrogens is 512 g/mol. The monoisotopic (exact) mass is 568 g/mol. The molecule has 1 saturated heterocycles. The molecule has 4 N–H and O–H groups in total. The first kappa shape index (κ1) is 34.3. The van der Waals surface area contributed by atoms with Crippen LogP contribution >= 0.6 is 0 Å². The van der Waals surface area contributed by atoms with Crippen molar-refractivity contribution in [2.75, 3.05) is 39.5 Å². The Morgan fingerprint density at radius 2 is 1.65 bits per heavy atom. The van der Waals surface area contributed by atoms with Gasteiger partial charge in [-0.25, -0.2) is 4.79 Å². The summed E-state index contributed by atoms with van der Waals surface area (Å²) in [5.74, 6) is -0.628. The highest BCUT2D eigenvalue weighted by Gasteiger charge is 2.36. The van der Waals surface area contributed by atoms with Gasteiger partial charge in [-0.05, 0) is 44.4 Å². The number of nitrogens with one attached hydrogen (secondary N) is 3. The minimum atomic E-state index is -1.50. The van der Waals surface area contributed by atoms with Gasteiger partial charge in [0.05, 0.1) is 25.9 Å². The van der Waals surface area contributed by atoms with Crippen molar-refractivity contribution < 1.29 is 29.0 Å². The third-order valence-electron chi connectivity index (χ3n) is 7.56. The first-order valence-corrected chi connectivity index (χ1v) is 15.3. The van der Waals surface area contributed by atoms with Crippen LogP contribution in [0.5, 0.6) is 0 Å². The quantitative estimate of drug-likeness (QED) is 0.238. The van der Waals surface area contributed by atoms with Crippen molar-refractivity contribution in [1.82, 2.24) is 20.9 Å². The number of morpholine rings is 1. The fourth-order valence-corrected chi connectivity index (χ4v) is 5.91. The molecule has 4 amide bonds. The number of amides is 4. The highest BCUT2D eigenvalue weighted by atomic mass is 16.5. The Morgan fingerprint density at radius 1 is 1.00 bits per heavy atom. The molecule has 1 saturated carbocycles. The van der Waals surface area contributed by atoms with Crippen molar-refractivity contribution in [2.24, 2.45) is 11.3 Å². The van der Waals surface area contributed by atoms with E-state index >= 15 is 0 Å². The van der Waals surface area contributed by atoms with Crippen molar-refractivity contribution in [1.29, 1.82) is 0 Å². The molecule has 2 fully saturated rings. The number of hydrogen-bond acceptors (Lipinski definition) is 6. The van der Waals surface area contributed by atoms with Crippen LogP contribution in [0.15, 0.2) is 0 Å². The summed E-state index contributed by atoms with van der Waals surface area (Å²) in [6.45, 7) is 14.5. The van der Waals surface area contributed by atoms with Gasteiger partial charge in [-0.3, -0.25) is 9.59 Å². The van der Waals surface area contributed by atoms with Crippen molar-refractivity contribution in [3.05, 3.63) is 0 Å². The Labute approximate surface area is 241 Å². The van der Waals surface area contributed by atoms with Gasteiger partial charge < -0.3 is 35.4 Å². The molecule has 2 rings (SSSR count). The number of rotatable bonds is 14. The van der Waals surface area contributed by atoms with Gasteiger partial charge in [0.1, 0.15) is 6.04 Å². The number of ether oxygens (including phenoxy) is 2. The third kappa shape index (κ3) is 12.7. The second kappa shape index (κ2) is 16.5. The SMILES string of the molecule is CCCCOC[C@H](NC(=O)[C@H](CC1CCCCC1)NC(=O)N1CCOCC1)C(O)C(=O)NC(C)(C)CC(C)(C)C. The van der Waals surface area contributed by atoms with Gasteiger partial charge in [0.2, 0.25) is 5.91 Å². The minimum Gasteiger partial charge on any atom is -0.381 e. The van der Waals surface area contributed by atoms with E-state index in [9.17, 15) is 19.5 Å². The van der Waals surface area contributed by atoms with Gasteiger partial charge in [-0.1, -0.05) is 66.2 Å². The summed E-state index contributed by atoms with van der Waals surface area (Å²) in [5, 5.41) is 19.9. The number of carbonyl (C=O) groups excluding carboxylic acids is 3. The summed E-state index contributed by atoms with van der Waals surface area (Å²) < 4.78 is 11.1. The minimum absolute atomic E-state index is 0.00636. The van der Waals surface area contributed by atoms with Crippen LogP contribution in [0.1, 0.15) is 99.3 Å². The van der Waals surface area contributed by atoms with E-state index in [1.807, 2.05) is 13.8 Å². The average Bonchev–Trinajstić information content (AvgIpc) is 2.88. The number of aliphatic hydroxyl groups is 1. The van der Waals surface area contributed by atoms with Crippen LogP contribution in [0, 0.1) is 11.3 Å². The summed E-state index contributed by atoms with van der Waals surface area (Å²) in [6.07, 6.45) is 6.97. The molecule has 0 aromatic carbocycles. The van der Waals surface area contributed by atoms with Crippen molar-refractivity contribution in [2.45, 2.75) is 123 Å². The van der Waals surface area contributed by atoms with Crippen molar-refractivity contribution in [3.63, 3.8) is 0 Å². The molecule has 2 aliphatic rings. The maximum atomic E-state index is 13.7. The van der Waals surface area contributed by atoms with Crippen LogP contribution in [-0.2, 0) is 19.1 Å². The van der Waals surface area contributed by atoms with E-state index in [-0.39, 0.29) is 18.1 Å². The zero-order valence-corrected chi connectivity index (χ0v) is 25.9. The largest absolute Gasteiger partial charge is 0.381 e. The standard InChI is InChI=1S/C30H56N4O6/c1-7-8-16-40-20-24(25(35)27(37)33-30(5,6)21-29(2,3)4)31-26(36)23(19-22-12-10-9-11-13-22)32-28(38)34-14-17-39-18-15-34/h22-25,35H,7-21H2,1-6H3,(H,31,36)(H,32,38)(H,33,37)/t23-,24-,25?/m0/s1. The first-order valence-electron chi connectivity index (χ1n) is 15.3. The fourth-order valence-electron chi connectivity index (χ4n) is 5.91. The number of unbranched alkanes of at least 4 members (excludes halogenated alkanes) is 1. The number of aliphatic hydroxyl groups excluding tert-OH is 1. The average molecular weight is 569 g/mol. The number of hydrogen-bond donors (Lipinski definition) is 4. The summed E-state index contributed by atoms with van der Waals surface area (Å²) in [4.78, 5) is 41.5. The fraction of sp³-hybridized carbons (Fsp3) is 0.900. The predicted molar refractivity (Wildman–Crippen MR) is 156 cm³/mol. The zero-order valence-electron chi connectivity index (χ0n) is 25.9. The van der Waals surface area contributed by atoms with Crippen LogP contribution in [0.4, 0.5) is 4.79 Å². The molecule has 0 aromatic rings. The summed E-state index contributed by atoms with van der Waals surface area (Å²) >= 11 is 0. The van der Waals surface area contributed by atoms with E-state index in [2.05, 4.69) is 43.6 Å². The Kier molecular flexibility index (Phi) is 14.2. The maximum Gasteiger partial charge on any atom is 0.318 e. The van der Waals surface area contributed by atoms with E-state index in [1.54, 1.807) is 4.90 Å². The third-order valence-corrected chi connectivity index (χ3v) is 7.56. The summed E-state index contributed by atoms with van der Waals surface area (Å²) in [5.41, 5.74) is -0.576. The lowest BCUT2D eigenvalue weighted by molar-refractivity contribution is -0.135. The van der Waals surface area contributed by atoms with Gasteiger partial charge in [0.15, 0.2) is 6.10 Å². The van der Waals surface area contributed by atoms with E-state index in [4.69, 9.17) is 9.47 Å². The highest BCUT2D eigenvalue weighted by Crippen LogP contribution is 2.28. The Hall–Kier alpha value is -1.91. The smallest absolute Gasteiger partial charge is 0.318 e. The molecule has 0 radical (unpaired) electrons. The molecule has 0 bridgehead atoms. The molecule has 40 heavy (non-hydrogen) atoms. The molecule has 0 spiro atoms. The molecule has 1 aliphatic carbocycles. The lowest BCUT2D eigenvalue weighted by atomic mass is 9.81. The summed E-state index contributed by atoms with van der Waals surface area (Å²) in [7, 11) is 0. The van der Waals surface area contributed by atoms with Gasteiger partial charge in [-0.15, -0.1) is 0 Å². The second-order valence-electron chi connectivity index (χ2n) is 13.4. The Bertz CT molecular complexity index is 788. The van der Waals surface area contributed by atoms with Gasteiger partial charge in [0.25, 0.3) is 5.91 Å². The molecular formula is C30H56N4O6. The topological polar surface area (TPSA) is 129 Å². The molecule has 3 atom stereocenters. The van der Waals surface area contributed by atoms with E-state index in [0.29, 0.717) is 51.7 Å². The van der Waals surface area contributed by atoms with E-state index in [1.165, 1.54) is 6.42 Å². The molecule has 1 heterocycles. The number of carbonyl (C=O) groups is 3. The van der Waals surface area contributed by atoms with Crippen LogP contribution in [-0.4, -0.2) is 91.1 Å². The number of nitrogens with zero attached hydrogens (tertiary/aromatic N) is 1. The predicted octanol–water partition coefficient (Wildman–Crippen LogP) is 3.36. The molecule has 232 valence electrons. The van der Waals surface area contributed by atoms with E-state index < -0.39 is 35.5 Å². The maximum absolute atomic E-state index is 13.7. The van der Waals surface area contributed by atoms with Crippen molar-refractivity contribution in [3.8, 4) is 0 Å². The van der Waals surface area contributed by atoms with Crippen molar-refractivity contribution >= 4 is 17.8 Å². The molecule has 1 aliphatic heterocycles. The molecule has 10 nitrogen and oxygen atoms in total. The first-order chi connectivity index (χ1) is 18.8. The van der Waals surface area contributed by atoms with Crippen LogP contribution in [0.2, 0.25) is 0 Å². The number of urea groups is 1. The summed E-state index contributed by atoms with van der Waals surface area (Å²) in [6, 6.07) is -2.02. The van der Waals surface area contributed by atoms with Crippen LogP contribution in [0.25, 0.3) is 0 Å². The normalized spacial score (nSPS) is 19.4. The van der Waals surface area contributed by atoms with Crippen LogP contribution in [0.3, 0.4) is 0 Å². The Balaban J connectivity index is 2.15. The second-order valence-corrected chi connectivity index (χ2v) is 13.4. The van der Waals surface area contributed by atoms with Gasteiger partial charge in [-0.2, -0.15) is 0 Å². The molecule has 1 unspecified atom stereocenters. The highest BCUT2D eigenvalue weighted by molar-refractivity contribution is 5.88. The zero-order chi connectivity index (χ0) is 29.8. The lowest BCUT2D eigenvalue weighted by Crippen LogP contribution is -2.60. The molecule has 0 aromatic heterocycles.